The maximum Gasteiger partial charge on any atom is 0.194 e. The molecule has 1 N–H and O–H groups in total. The van der Waals surface area contributed by atoms with Crippen molar-refractivity contribution in [1.82, 2.24) is 5.32 Å². The topological polar surface area (TPSA) is 12.0 Å². The highest BCUT2D eigenvalue weighted by atomic mass is 35.5. The fourth-order valence-electron chi connectivity index (χ4n) is 2.29. The molecule has 2 rings (SSSR count). The first-order chi connectivity index (χ1) is 9.97. The molecule has 0 saturated carbocycles. The second-order valence-corrected chi connectivity index (χ2v) is 5.12. The molecule has 1 unspecified atom stereocenters. The van der Waals surface area contributed by atoms with E-state index in [4.69, 9.17) is 11.6 Å². The van der Waals surface area contributed by atoms with E-state index in [1.165, 1.54) is 6.07 Å². The number of hydrogen-bond donors (Lipinski definition) is 1. The normalized spacial score (nSPS) is 12.5. The number of halogens is 4. The molecule has 5 heteroatoms. The number of nitrogens with one attached hydrogen (secondary N) is 1. The molecule has 0 aliphatic carbocycles. The van der Waals surface area contributed by atoms with Crippen LogP contribution in [0, 0.1) is 24.4 Å². The van der Waals surface area contributed by atoms with E-state index >= 15 is 0 Å². The van der Waals surface area contributed by atoms with Crippen molar-refractivity contribution >= 4 is 11.6 Å². The Bertz CT molecular complexity index is 658. The minimum atomic E-state index is -1.46. The molecule has 2 aromatic rings. The van der Waals surface area contributed by atoms with Crippen LogP contribution >= 0.6 is 11.6 Å². The molecule has 1 atom stereocenters. The Labute approximate surface area is 126 Å². The van der Waals surface area contributed by atoms with Crippen LogP contribution in [-0.2, 0) is 0 Å². The maximum atomic E-state index is 14.1. The van der Waals surface area contributed by atoms with Crippen molar-refractivity contribution in [2.24, 2.45) is 0 Å². The molecular weight excluding hydrogens is 299 g/mol. The first kappa shape index (κ1) is 15.9. The molecular formula is C16H15ClF3N. The van der Waals surface area contributed by atoms with Crippen molar-refractivity contribution in [2.75, 3.05) is 6.54 Å². The standard InChI is InChI=1S/C16H15ClF3N/c1-3-21-16(10-5-4-6-12(17)9(10)2)11-7-8-13(18)15(20)14(11)19/h4-8,16,21H,3H2,1-2H3. The van der Waals surface area contributed by atoms with Gasteiger partial charge in [0.15, 0.2) is 17.5 Å². The predicted octanol–water partition coefficient (Wildman–Crippen LogP) is 4.76. The molecule has 112 valence electrons. The van der Waals surface area contributed by atoms with E-state index in [2.05, 4.69) is 5.32 Å². The van der Waals surface area contributed by atoms with Gasteiger partial charge in [-0.2, -0.15) is 0 Å². The molecule has 0 amide bonds. The van der Waals surface area contributed by atoms with Crippen LogP contribution in [0.3, 0.4) is 0 Å². The summed E-state index contributed by atoms with van der Waals surface area (Å²) < 4.78 is 40.6. The van der Waals surface area contributed by atoms with E-state index in [0.29, 0.717) is 11.6 Å². The molecule has 0 heterocycles. The van der Waals surface area contributed by atoms with Gasteiger partial charge in [-0.3, -0.25) is 0 Å². The minimum Gasteiger partial charge on any atom is -0.306 e. The van der Waals surface area contributed by atoms with E-state index in [0.717, 1.165) is 17.2 Å². The smallest absolute Gasteiger partial charge is 0.194 e. The number of rotatable bonds is 4. The first-order valence-electron chi connectivity index (χ1n) is 6.59. The summed E-state index contributed by atoms with van der Waals surface area (Å²) in [5, 5.41) is 3.62. The molecule has 0 saturated heterocycles. The summed E-state index contributed by atoms with van der Waals surface area (Å²) in [6.45, 7) is 4.19. The van der Waals surface area contributed by atoms with E-state index < -0.39 is 23.5 Å². The molecule has 21 heavy (non-hydrogen) atoms. The summed E-state index contributed by atoms with van der Waals surface area (Å²) in [5.74, 6) is -3.84. The minimum absolute atomic E-state index is 0.0566. The maximum absolute atomic E-state index is 14.1. The summed E-state index contributed by atoms with van der Waals surface area (Å²) in [5.41, 5.74) is 1.56. The van der Waals surface area contributed by atoms with Gasteiger partial charge in [-0.25, -0.2) is 13.2 Å². The predicted molar refractivity (Wildman–Crippen MR) is 78.0 cm³/mol. The summed E-state index contributed by atoms with van der Waals surface area (Å²) in [6, 6.07) is 6.84. The first-order valence-corrected chi connectivity index (χ1v) is 6.97. The average Bonchev–Trinajstić information content (AvgIpc) is 2.46. The van der Waals surface area contributed by atoms with Crippen LogP contribution in [0.1, 0.15) is 29.7 Å². The van der Waals surface area contributed by atoms with Crippen LogP contribution in [0.5, 0.6) is 0 Å². The van der Waals surface area contributed by atoms with Gasteiger partial charge in [-0.05, 0) is 36.7 Å². The van der Waals surface area contributed by atoms with Crippen molar-refractivity contribution < 1.29 is 13.2 Å². The van der Waals surface area contributed by atoms with Crippen LogP contribution in [-0.4, -0.2) is 6.54 Å². The Morgan fingerprint density at radius 3 is 2.43 bits per heavy atom. The average molecular weight is 314 g/mol. The summed E-state index contributed by atoms with van der Waals surface area (Å²) >= 11 is 6.09. The van der Waals surface area contributed by atoms with Gasteiger partial charge in [0, 0.05) is 10.6 Å². The van der Waals surface area contributed by atoms with Gasteiger partial charge in [-0.1, -0.05) is 36.7 Å². The Morgan fingerprint density at radius 2 is 1.76 bits per heavy atom. The number of hydrogen-bond acceptors (Lipinski definition) is 1. The largest absolute Gasteiger partial charge is 0.306 e. The lowest BCUT2D eigenvalue weighted by Crippen LogP contribution is -2.24. The van der Waals surface area contributed by atoms with Crippen molar-refractivity contribution in [1.29, 1.82) is 0 Å². The summed E-state index contributed by atoms with van der Waals surface area (Å²) in [4.78, 5) is 0. The van der Waals surface area contributed by atoms with Crippen molar-refractivity contribution in [3.63, 3.8) is 0 Å². The lowest BCUT2D eigenvalue weighted by atomic mass is 9.94. The van der Waals surface area contributed by atoms with Gasteiger partial charge >= 0.3 is 0 Å². The SMILES string of the molecule is CCNC(c1cccc(Cl)c1C)c1ccc(F)c(F)c1F. The molecule has 0 aliphatic heterocycles. The van der Waals surface area contributed by atoms with Gasteiger partial charge < -0.3 is 5.32 Å². The highest BCUT2D eigenvalue weighted by molar-refractivity contribution is 6.31. The van der Waals surface area contributed by atoms with Crippen LogP contribution in [0.2, 0.25) is 5.02 Å². The highest BCUT2D eigenvalue weighted by Crippen LogP contribution is 2.31. The van der Waals surface area contributed by atoms with Crippen LogP contribution in [0.15, 0.2) is 30.3 Å². The number of benzene rings is 2. The third kappa shape index (κ3) is 3.06. The van der Waals surface area contributed by atoms with Gasteiger partial charge in [0.05, 0.1) is 6.04 Å². The van der Waals surface area contributed by atoms with Gasteiger partial charge in [0.1, 0.15) is 0 Å². The zero-order chi connectivity index (χ0) is 15.6. The Balaban J connectivity index is 2.59. The quantitative estimate of drug-likeness (QED) is 0.802. The molecule has 0 spiro atoms. The van der Waals surface area contributed by atoms with Gasteiger partial charge in [0.2, 0.25) is 0 Å². The lowest BCUT2D eigenvalue weighted by molar-refractivity contribution is 0.433. The van der Waals surface area contributed by atoms with E-state index in [1.54, 1.807) is 25.1 Å². The molecule has 0 aromatic heterocycles. The second-order valence-electron chi connectivity index (χ2n) is 4.71. The highest BCUT2D eigenvalue weighted by Gasteiger charge is 2.23. The fourth-order valence-corrected chi connectivity index (χ4v) is 2.47. The van der Waals surface area contributed by atoms with Crippen molar-refractivity contribution in [2.45, 2.75) is 19.9 Å². The van der Waals surface area contributed by atoms with E-state index in [9.17, 15) is 13.2 Å². The molecule has 0 fully saturated rings. The zero-order valence-electron chi connectivity index (χ0n) is 11.7. The van der Waals surface area contributed by atoms with E-state index in [-0.39, 0.29) is 5.56 Å². The van der Waals surface area contributed by atoms with E-state index in [1.807, 2.05) is 6.92 Å². The second kappa shape index (κ2) is 6.50. The Hall–Kier alpha value is -1.52. The molecule has 0 radical (unpaired) electrons. The molecule has 0 aliphatic rings. The molecule has 0 bridgehead atoms. The third-order valence-corrected chi connectivity index (χ3v) is 3.81. The lowest BCUT2D eigenvalue weighted by Gasteiger charge is -2.22. The van der Waals surface area contributed by atoms with Gasteiger partial charge in [0.25, 0.3) is 0 Å². The molecule has 1 nitrogen and oxygen atoms in total. The van der Waals surface area contributed by atoms with Crippen LogP contribution in [0.4, 0.5) is 13.2 Å². The fraction of sp³-hybridized carbons (Fsp3) is 0.250. The summed E-state index contributed by atoms with van der Waals surface area (Å²) in [6.07, 6.45) is 0. The third-order valence-electron chi connectivity index (χ3n) is 3.40. The zero-order valence-corrected chi connectivity index (χ0v) is 12.4. The molecule has 2 aromatic carbocycles. The Morgan fingerprint density at radius 1 is 1.05 bits per heavy atom. The monoisotopic (exact) mass is 313 g/mol. The Kier molecular flexibility index (Phi) is 4.91. The van der Waals surface area contributed by atoms with Crippen LogP contribution in [0.25, 0.3) is 0 Å². The van der Waals surface area contributed by atoms with Crippen LogP contribution < -0.4 is 5.32 Å². The van der Waals surface area contributed by atoms with Crippen molar-refractivity contribution in [3.8, 4) is 0 Å². The summed E-state index contributed by atoms with van der Waals surface area (Å²) in [7, 11) is 0. The van der Waals surface area contributed by atoms with Gasteiger partial charge in [-0.15, -0.1) is 0 Å². The van der Waals surface area contributed by atoms with Crippen molar-refractivity contribution in [3.05, 3.63) is 69.5 Å².